The standard InChI is InChI=1S/C14H13NO5S/c1-10-2-6-12(7-3-10)20-14(16)15-11-4-8-13(9-5-11)21(17,18)19/h2-9H,1H3,(H,15,16)(H,17,18,19). The third-order valence-corrected chi connectivity index (χ3v) is 3.50. The number of anilines is 1. The second-order valence-corrected chi connectivity index (χ2v) is 5.75. The number of hydrogen-bond acceptors (Lipinski definition) is 4. The fourth-order valence-corrected chi connectivity index (χ4v) is 2.05. The minimum absolute atomic E-state index is 0.250. The molecule has 0 bridgehead atoms. The smallest absolute Gasteiger partial charge is 0.410 e. The number of aryl methyl sites for hydroxylation is 1. The summed E-state index contributed by atoms with van der Waals surface area (Å²) in [7, 11) is -4.24. The average Bonchev–Trinajstić information content (AvgIpc) is 2.41. The lowest BCUT2D eigenvalue weighted by atomic mass is 10.2. The van der Waals surface area contributed by atoms with Crippen LogP contribution in [0.25, 0.3) is 0 Å². The Morgan fingerprint density at radius 2 is 1.62 bits per heavy atom. The first-order valence-electron chi connectivity index (χ1n) is 5.98. The minimum atomic E-state index is -4.24. The van der Waals surface area contributed by atoms with Gasteiger partial charge in [0.2, 0.25) is 0 Å². The zero-order valence-electron chi connectivity index (χ0n) is 11.1. The lowest BCUT2D eigenvalue weighted by Crippen LogP contribution is -2.16. The molecule has 0 saturated carbocycles. The Labute approximate surface area is 122 Å². The number of ether oxygens (including phenoxy) is 1. The normalized spacial score (nSPS) is 11.0. The molecular weight excluding hydrogens is 294 g/mol. The summed E-state index contributed by atoms with van der Waals surface area (Å²) in [6.07, 6.45) is -0.696. The van der Waals surface area contributed by atoms with Crippen molar-refractivity contribution in [3.8, 4) is 5.75 Å². The van der Waals surface area contributed by atoms with Crippen LogP contribution >= 0.6 is 0 Å². The zero-order valence-corrected chi connectivity index (χ0v) is 11.9. The molecule has 110 valence electrons. The van der Waals surface area contributed by atoms with Crippen LogP contribution in [0.3, 0.4) is 0 Å². The van der Waals surface area contributed by atoms with Crippen LogP contribution in [0.15, 0.2) is 53.4 Å². The molecule has 21 heavy (non-hydrogen) atoms. The molecule has 0 atom stereocenters. The van der Waals surface area contributed by atoms with Gasteiger partial charge in [0, 0.05) is 5.69 Å². The molecule has 7 heteroatoms. The highest BCUT2D eigenvalue weighted by molar-refractivity contribution is 7.85. The molecular formula is C14H13NO5S. The largest absolute Gasteiger partial charge is 0.417 e. The Kier molecular flexibility index (Phi) is 4.25. The molecule has 2 aromatic rings. The van der Waals surface area contributed by atoms with Crippen molar-refractivity contribution in [2.24, 2.45) is 0 Å². The topological polar surface area (TPSA) is 92.7 Å². The van der Waals surface area contributed by atoms with Gasteiger partial charge in [-0.25, -0.2) is 4.79 Å². The highest BCUT2D eigenvalue weighted by atomic mass is 32.2. The van der Waals surface area contributed by atoms with Crippen LogP contribution in [0, 0.1) is 6.92 Å². The summed E-state index contributed by atoms with van der Waals surface area (Å²) in [6, 6.07) is 12.0. The molecule has 0 aromatic heterocycles. The van der Waals surface area contributed by atoms with Gasteiger partial charge >= 0.3 is 6.09 Å². The molecule has 2 rings (SSSR count). The molecule has 2 aromatic carbocycles. The van der Waals surface area contributed by atoms with E-state index in [0.717, 1.165) is 5.56 Å². The number of carbonyl (C=O) groups is 1. The second-order valence-electron chi connectivity index (χ2n) is 4.33. The Morgan fingerprint density at radius 3 is 2.14 bits per heavy atom. The van der Waals surface area contributed by atoms with Crippen molar-refractivity contribution in [3.63, 3.8) is 0 Å². The number of nitrogens with one attached hydrogen (secondary N) is 1. The molecule has 0 unspecified atom stereocenters. The monoisotopic (exact) mass is 307 g/mol. The fourth-order valence-electron chi connectivity index (χ4n) is 1.57. The van der Waals surface area contributed by atoms with Crippen molar-refractivity contribution in [3.05, 3.63) is 54.1 Å². The van der Waals surface area contributed by atoms with E-state index in [1.165, 1.54) is 24.3 Å². The van der Waals surface area contributed by atoms with E-state index in [0.29, 0.717) is 11.4 Å². The van der Waals surface area contributed by atoms with Crippen LogP contribution < -0.4 is 10.1 Å². The van der Waals surface area contributed by atoms with Crippen LogP contribution in [0.2, 0.25) is 0 Å². The molecule has 0 aliphatic carbocycles. The summed E-state index contributed by atoms with van der Waals surface area (Å²) in [5.41, 5.74) is 1.39. The number of benzene rings is 2. The first-order valence-corrected chi connectivity index (χ1v) is 7.42. The lowest BCUT2D eigenvalue weighted by molar-refractivity contribution is 0.215. The third-order valence-electron chi connectivity index (χ3n) is 2.63. The SMILES string of the molecule is Cc1ccc(OC(=O)Nc2ccc(S(=O)(=O)O)cc2)cc1. The van der Waals surface area contributed by atoms with Gasteiger partial charge in [-0.3, -0.25) is 9.87 Å². The van der Waals surface area contributed by atoms with Gasteiger partial charge in [-0.1, -0.05) is 17.7 Å². The summed E-state index contributed by atoms with van der Waals surface area (Å²) in [5.74, 6) is 0.396. The first-order chi connectivity index (χ1) is 9.84. The molecule has 6 nitrogen and oxygen atoms in total. The summed E-state index contributed by atoms with van der Waals surface area (Å²) in [6.45, 7) is 1.92. The van der Waals surface area contributed by atoms with E-state index in [-0.39, 0.29) is 4.90 Å². The Balaban J connectivity index is 2.01. The summed E-state index contributed by atoms with van der Waals surface area (Å²) < 4.78 is 35.6. The van der Waals surface area contributed by atoms with Crippen molar-refractivity contribution >= 4 is 21.9 Å². The maximum atomic E-state index is 11.6. The van der Waals surface area contributed by atoms with Crippen molar-refractivity contribution < 1.29 is 22.5 Å². The van der Waals surface area contributed by atoms with Crippen LogP contribution in [0.4, 0.5) is 10.5 Å². The van der Waals surface area contributed by atoms with E-state index >= 15 is 0 Å². The number of rotatable bonds is 3. The molecule has 2 N–H and O–H groups in total. The predicted octanol–water partition coefficient (Wildman–Crippen LogP) is 2.85. The van der Waals surface area contributed by atoms with E-state index in [4.69, 9.17) is 9.29 Å². The summed E-state index contributed by atoms with van der Waals surface area (Å²) in [5, 5.41) is 2.45. The molecule has 0 saturated heterocycles. The Morgan fingerprint density at radius 1 is 1.05 bits per heavy atom. The molecule has 0 heterocycles. The number of carbonyl (C=O) groups excluding carboxylic acids is 1. The van der Waals surface area contributed by atoms with Crippen LogP contribution in [-0.2, 0) is 10.1 Å². The van der Waals surface area contributed by atoms with Gasteiger partial charge in [-0.15, -0.1) is 0 Å². The van der Waals surface area contributed by atoms with Crippen LogP contribution in [-0.4, -0.2) is 19.1 Å². The van der Waals surface area contributed by atoms with Gasteiger partial charge in [0.25, 0.3) is 10.1 Å². The van der Waals surface area contributed by atoms with E-state index in [1.54, 1.807) is 12.1 Å². The minimum Gasteiger partial charge on any atom is -0.410 e. The van der Waals surface area contributed by atoms with Gasteiger partial charge in [-0.05, 0) is 43.3 Å². The zero-order chi connectivity index (χ0) is 15.5. The quantitative estimate of drug-likeness (QED) is 0.851. The van der Waals surface area contributed by atoms with Gasteiger partial charge in [0.05, 0.1) is 4.90 Å². The highest BCUT2D eigenvalue weighted by Gasteiger charge is 2.10. The maximum Gasteiger partial charge on any atom is 0.417 e. The van der Waals surface area contributed by atoms with Gasteiger partial charge < -0.3 is 4.74 Å². The van der Waals surface area contributed by atoms with Crippen LogP contribution in [0.1, 0.15) is 5.56 Å². The molecule has 0 spiro atoms. The molecule has 1 amide bonds. The Hall–Kier alpha value is -2.38. The molecule has 0 aliphatic heterocycles. The lowest BCUT2D eigenvalue weighted by Gasteiger charge is -2.07. The van der Waals surface area contributed by atoms with Gasteiger partial charge in [0.15, 0.2) is 0 Å². The molecule has 0 fully saturated rings. The van der Waals surface area contributed by atoms with Crippen molar-refractivity contribution in [2.45, 2.75) is 11.8 Å². The van der Waals surface area contributed by atoms with Crippen molar-refractivity contribution in [2.75, 3.05) is 5.32 Å². The van der Waals surface area contributed by atoms with Crippen LogP contribution in [0.5, 0.6) is 5.75 Å². The van der Waals surface area contributed by atoms with Crippen molar-refractivity contribution in [1.29, 1.82) is 0 Å². The number of hydrogen-bond donors (Lipinski definition) is 2. The van der Waals surface area contributed by atoms with Gasteiger partial charge in [0.1, 0.15) is 5.75 Å². The van der Waals surface area contributed by atoms with E-state index in [2.05, 4.69) is 5.32 Å². The molecule has 0 radical (unpaired) electrons. The summed E-state index contributed by atoms with van der Waals surface area (Å²) >= 11 is 0. The first kappa shape index (κ1) is 15.0. The van der Waals surface area contributed by atoms with E-state index in [1.807, 2.05) is 19.1 Å². The van der Waals surface area contributed by atoms with Gasteiger partial charge in [-0.2, -0.15) is 8.42 Å². The Bertz CT molecular complexity index is 736. The van der Waals surface area contributed by atoms with E-state index in [9.17, 15) is 13.2 Å². The fraction of sp³-hybridized carbons (Fsp3) is 0.0714. The van der Waals surface area contributed by atoms with E-state index < -0.39 is 16.2 Å². The summed E-state index contributed by atoms with van der Waals surface area (Å²) in [4.78, 5) is 11.4. The average molecular weight is 307 g/mol. The highest BCUT2D eigenvalue weighted by Crippen LogP contribution is 2.15. The second kappa shape index (κ2) is 5.94. The number of amides is 1. The molecule has 0 aliphatic rings. The van der Waals surface area contributed by atoms with Crippen molar-refractivity contribution in [1.82, 2.24) is 0 Å². The maximum absolute atomic E-state index is 11.6. The predicted molar refractivity (Wildman–Crippen MR) is 77.1 cm³/mol. The third kappa shape index (κ3) is 4.30.